The quantitative estimate of drug-likeness (QED) is 0.466. The Balaban J connectivity index is 1.76. The molecule has 1 fully saturated rings. The summed E-state index contributed by atoms with van der Waals surface area (Å²) in [6.07, 6.45) is -3.27. The van der Waals surface area contributed by atoms with E-state index in [1.54, 1.807) is 12.1 Å². The number of allylic oxidation sites excluding steroid dienone is 2. The van der Waals surface area contributed by atoms with Crippen LogP contribution in [0.4, 0.5) is 26.3 Å². The zero-order valence-electron chi connectivity index (χ0n) is 15.3. The largest absolute Gasteiger partial charge is 0.442 e. The zero-order valence-corrected chi connectivity index (χ0v) is 15.3. The molecule has 28 heavy (non-hydrogen) atoms. The van der Waals surface area contributed by atoms with Gasteiger partial charge in [-0.25, -0.2) is 13.2 Å². The topological polar surface area (TPSA) is 0 Å². The van der Waals surface area contributed by atoms with Crippen LogP contribution in [0, 0.1) is 24.5 Å². The fourth-order valence-electron chi connectivity index (χ4n) is 3.76. The molecule has 1 aliphatic carbocycles. The molecule has 0 heterocycles. The van der Waals surface area contributed by atoms with Gasteiger partial charge in [-0.2, -0.15) is 13.2 Å². The average Bonchev–Trinajstić information content (AvgIpc) is 2.62. The van der Waals surface area contributed by atoms with Crippen LogP contribution in [-0.4, -0.2) is 6.18 Å². The Morgan fingerprint density at radius 2 is 1.43 bits per heavy atom. The predicted octanol–water partition coefficient (Wildman–Crippen LogP) is 7.63. The van der Waals surface area contributed by atoms with E-state index >= 15 is 0 Å². The lowest BCUT2D eigenvalue weighted by Crippen LogP contribution is -2.16. The highest BCUT2D eigenvalue weighted by Gasteiger charge is 2.36. The van der Waals surface area contributed by atoms with Gasteiger partial charge in [-0.15, -0.1) is 0 Å². The number of rotatable bonds is 3. The smallest absolute Gasteiger partial charge is 0.207 e. The number of halogens is 6. The van der Waals surface area contributed by atoms with Crippen molar-refractivity contribution in [3.8, 4) is 11.1 Å². The third-order valence-corrected chi connectivity index (χ3v) is 5.30. The van der Waals surface area contributed by atoms with Crippen LogP contribution in [0.5, 0.6) is 0 Å². The number of hydrogen-bond acceptors (Lipinski definition) is 0. The average molecular weight is 398 g/mol. The summed E-state index contributed by atoms with van der Waals surface area (Å²) < 4.78 is 79.3. The Morgan fingerprint density at radius 3 is 1.93 bits per heavy atom. The molecule has 150 valence electrons. The van der Waals surface area contributed by atoms with Crippen molar-refractivity contribution < 1.29 is 26.3 Å². The molecular weight excluding hydrogens is 378 g/mol. The van der Waals surface area contributed by atoms with Gasteiger partial charge in [-0.3, -0.25) is 0 Å². The van der Waals surface area contributed by atoms with Crippen LogP contribution in [0.25, 0.3) is 11.1 Å². The van der Waals surface area contributed by atoms with Crippen molar-refractivity contribution in [1.82, 2.24) is 0 Å². The summed E-state index contributed by atoms with van der Waals surface area (Å²) in [5.74, 6) is -4.41. The Bertz CT molecular complexity index is 833. The Morgan fingerprint density at radius 1 is 0.893 bits per heavy atom. The minimum absolute atomic E-state index is 0.0328. The van der Waals surface area contributed by atoms with Crippen LogP contribution in [0.2, 0.25) is 0 Å². The normalized spacial score (nSPS) is 21.0. The van der Waals surface area contributed by atoms with E-state index in [1.165, 1.54) is 12.1 Å². The Hall–Kier alpha value is -2.24. The summed E-state index contributed by atoms with van der Waals surface area (Å²) in [5, 5.41) is 0. The van der Waals surface area contributed by atoms with Crippen LogP contribution in [-0.2, 0) is 0 Å². The molecular formula is C22H20F6. The van der Waals surface area contributed by atoms with E-state index in [9.17, 15) is 26.3 Å². The molecule has 3 rings (SSSR count). The second kappa shape index (κ2) is 8.02. The lowest BCUT2D eigenvalue weighted by atomic mass is 9.78. The number of alkyl halides is 3. The molecule has 0 unspecified atom stereocenters. The van der Waals surface area contributed by atoms with E-state index in [2.05, 4.69) is 0 Å². The highest BCUT2D eigenvalue weighted by Crippen LogP contribution is 2.41. The first-order valence-corrected chi connectivity index (χ1v) is 9.15. The maximum absolute atomic E-state index is 14.7. The maximum Gasteiger partial charge on any atom is 0.442 e. The summed E-state index contributed by atoms with van der Waals surface area (Å²) in [5.41, 5.74) is 2.14. The van der Waals surface area contributed by atoms with Crippen LogP contribution in [0.3, 0.4) is 0 Å². The van der Waals surface area contributed by atoms with E-state index in [0.717, 1.165) is 5.56 Å². The van der Waals surface area contributed by atoms with E-state index in [4.69, 9.17) is 0 Å². The molecule has 0 bridgehead atoms. The summed E-state index contributed by atoms with van der Waals surface area (Å²) >= 11 is 0. The number of aryl methyl sites for hydroxylation is 1. The van der Waals surface area contributed by atoms with Gasteiger partial charge >= 0.3 is 6.18 Å². The van der Waals surface area contributed by atoms with Crippen molar-refractivity contribution in [3.63, 3.8) is 0 Å². The van der Waals surface area contributed by atoms with E-state index in [0.29, 0.717) is 30.0 Å². The first-order chi connectivity index (χ1) is 13.1. The molecule has 0 atom stereocenters. The van der Waals surface area contributed by atoms with Gasteiger partial charge in [-0.1, -0.05) is 29.8 Å². The third-order valence-electron chi connectivity index (χ3n) is 5.30. The van der Waals surface area contributed by atoms with Gasteiger partial charge in [0.25, 0.3) is 0 Å². The summed E-state index contributed by atoms with van der Waals surface area (Å²) in [6.45, 7) is 1.92. The highest BCUT2D eigenvalue weighted by atomic mass is 19.4. The Labute approximate surface area is 159 Å². The van der Waals surface area contributed by atoms with Crippen molar-refractivity contribution in [3.05, 3.63) is 71.1 Å². The molecule has 2 aromatic rings. The fourth-order valence-corrected chi connectivity index (χ4v) is 3.76. The first-order valence-electron chi connectivity index (χ1n) is 9.15. The predicted molar refractivity (Wildman–Crippen MR) is 96.5 cm³/mol. The second-order valence-corrected chi connectivity index (χ2v) is 7.34. The van der Waals surface area contributed by atoms with Crippen molar-refractivity contribution >= 4 is 0 Å². The summed E-state index contributed by atoms with van der Waals surface area (Å²) in [7, 11) is 0. The number of hydrogen-bond donors (Lipinski definition) is 0. The maximum atomic E-state index is 14.7. The van der Waals surface area contributed by atoms with Gasteiger partial charge in [-0.05, 0) is 73.8 Å². The highest BCUT2D eigenvalue weighted by molar-refractivity contribution is 5.64. The molecule has 0 spiro atoms. The molecule has 0 N–H and O–H groups in total. The van der Waals surface area contributed by atoms with Gasteiger partial charge < -0.3 is 0 Å². The van der Waals surface area contributed by atoms with Crippen LogP contribution in [0.1, 0.15) is 42.7 Å². The van der Waals surface area contributed by atoms with Crippen molar-refractivity contribution in [2.45, 2.75) is 44.7 Å². The molecule has 0 aliphatic heterocycles. The molecule has 0 aromatic heterocycles. The molecule has 1 saturated carbocycles. The third kappa shape index (κ3) is 4.59. The SMILES string of the molecule is Cc1ccc(-c2cc(F)c(C3CCC(C=C(F)C(F)(F)F)CC3)c(F)c2)cc1. The standard InChI is InChI=1S/C22H20F6/c1-13-2-6-15(7-3-13)17-11-18(23)21(19(24)12-17)16-8-4-14(5-9-16)10-20(25)22(26,27)28/h2-3,6-7,10-12,14,16H,4-5,8-9H2,1H3. The minimum Gasteiger partial charge on any atom is -0.207 e. The molecule has 6 heteroatoms. The minimum atomic E-state index is -4.99. The van der Waals surface area contributed by atoms with Gasteiger partial charge in [0.15, 0.2) is 5.83 Å². The van der Waals surface area contributed by atoms with Crippen LogP contribution in [0.15, 0.2) is 48.3 Å². The van der Waals surface area contributed by atoms with Crippen molar-refractivity contribution in [1.29, 1.82) is 0 Å². The van der Waals surface area contributed by atoms with Crippen molar-refractivity contribution in [2.75, 3.05) is 0 Å². The number of benzene rings is 2. The van der Waals surface area contributed by atoms with Gasteiger partial charge in [0.05, 0.1) is 0 Å². The molecule has 0 radical (unpaired) electrons. The van der Waals surface area contributed by atoms with Gasteiger partial charge in [0, 0.05) is 5.56 Å². The lowest BCUT2D eigenvalue weighted by molar-refractivity contribution is -0.109. The lowest BCUT2D eigenvalue weighted by Gasteiger charge is -2.28. The Kier molecular flexibility index (Phi) is 5.87. The van der Waals surface area contributed by atoms with Gasteiger partial charge in [0.1, 0.15) is 11.6 Å². The zero-order chi connectivity index (χ0) is 20.5. The van der Waals surface area contributed by atoms with Crippen molar-refractivity contribution in [2.24, 2.45) is 5.92 Å². The molecule has 1 aliphatic rings. The molecule has 0 saturated heterocycles. The summed E-state index contributed by atoms with van der Waals surface area (Å²) in [6, 6.07) is 9.87. The van der Waals surface area contributed by atoms with Crippen LogP contribution >= 0.6 is 0 Å². The summed E-state index contributed by atoms with van der Waals surface area (Å²) in [4.78, 5) is 0. The van der Waals surface area contributed by atoms with Gasteiger partial charge in [0.2, 0.25) is 0 Å². The fraction of sp³-hybridized carbons (Fsp3) is 0.364. The molecule has 0 amide bonds. The first kappa shape index (κ1) is 20.5. The van der Waals surface area contributed by atoms with E-state index in [-0.39, 0.29) is 18.4 Å². The molecule has 0 nitrogen and oxygen atoms in total. The monoisotopic (exact) mass is 398 g/mol. The second-order valence-electron chi connectivity index (χ2n) is 7.34. The molecule has 2 aromatic carbocycles. The van der Waals surface area contributed by atoms with E-state index < -0.39 is 35.5 Å². The van der Waals surface area contributed by atoms with E-state index in [1.807, 2.05) is 19.1 Å². The van der Waals surface area contributed by atoms with Crippen LogP contribution < -0.4 is 0 Å².